The van der Waals surface area contributed by atoms with E-state index in [1.54, 1.807) is 26.4 Å². The lowest BCUT2D eigenvalue weighted by molar-refractivity contribution is -0.121. The van der Waals surface area contributed by atoms with Crippen molar-refractivity contribution < 1.29 is 14.3 Å². The Morgan fingerprint density at radius 1 is 1.21 bits per heavy atom. The van der Waals surface area contributed by atoms with Crippen molar-refractivity contribution in [2.75, 3.05) is 20.0 Å². The summed E-state index contributed by atoms with van der Waals surface area (Å²) in [5, 5.41) is 2.89. The molecule has 1 aromatic carbocycles. The summed E-state index contributed by atoms with van der Waals surface area (Å²) in [5.41, 5.74) is 6.89. The lowest BCUT2D eigenvalue weighted by Crippen LogP contribution is -2.41. The summed E-state index contributed by atoms with van der Waals surface area (Å²) in [7, 11) is 3.09. The third-order valence-corrected chi connectivity index (χ3v) is 2.51. The Labute approximate surface area is 114 Å². The second kappa shape index (κ2) is 5.82. The van der Waals surface area contributed by atoms with E-state index < -0.39 is 0 Å². The van der Waals surface area contributed by atoms with Crippen LogP contribution in [-0.4, -0.2) is 25.7 Å². The average Bonchev–Trinajstić information content (AvgIpc) is 2.28. The van der Waals surface area contributed by atoms with Crippen LogP contribution in [0.2, 0.25) is 0 Å². The molecule has 1 rings (SSSR count). The molecule has 0 aliphatic rings. The molecule has 0 saturated heterocycles. The van der Waals surface area contributed by atoms with E-state index >= 15 is 0 Å². The molecule has 0 aliphatic carbocycles. The van der Waals surface area contributed by atoms with Crippen LogP contribution in [0, 0.1) is 0 Å². The summed E-state index contributed by atoms with van der Waals surface area (Å²) in [6.07, 6.45) is 0.212. The van der Waals surface area contributed by atoms with Crippen LogP contribution in [0.3, 0.4) is 0 Å². The Morgan fingerprint density at radius 3 is 2.21 bits per heavy atom. The van der Waals surface area contributed by atoms with Crippen LogP contribution in [0.5, 0.6) is 11.5 Å². The minimum atomic E-state index is -0.262. The summed E-state index contributed by atoms with van der Waals surface area (Å²) in [6, 6.07) is 3.40. The molecule has 106 valence electrons. The normalized spacial score (nSPS) is 11.0. The Bertz CT molecular complexity index is 464. The summed E-state index contributed by atoms with van der Waals surface area (Å²) in [5.74, 6) is 1.04. The van der Waals surface area contributed by atoms with Crippen LogP contribution < -0.4 is 20.5 Å². The molecule has 0 saturated carbocycles. The standard InChI is InChI=1S/C14H22N2O3/c1-14(2,3)16-13(17)7-9-6-11(18-4)12(19-5)8-10(9)15/h6,8H,7,15H2,1-5H3,(H,16,17). The summed E-state index contributed by atoms with van der Waals surface area (Å²) >= 11 is 0. The zero-order valence-electron chi connectivity index (χ0n) is 12.2. The summed E-state index contributed by atoms with van der Waals surface area (Å²) in [6.45, 7) is 5.80. The number of ether oxygens (including phenoxy) is 2. The number of amides is 1. The van der Waals surface area contributed by atoms with Gasteiger partial charge in [-0.2, -0.15) is 0 Å². The first kappa shape index (κ1) is 15.1. The van der Waals surface area contributed by atoms with Crippen LogP contribution in [-0.2, 0) is 11.2 Å². The van der Waals surface area contributed by atoms with Crippen molar-refractivity contribution in [2.24, 2.45) is 0 Å². The highest BCUT2D eigenvalue weighted by Crippen LogP contribution is 2.32. The number of rotatable bonds is 4. The summed E-state index contributed by atoms with van der Waals surface area (Å²) < 4.78 is 10.4. The highest BCUT2D eigenvalue weighted by atomic mass is 16.5. The van der Waals surface area contributed by atoms with Gasteiger partial charge in [0.15, 0.2) is 11.5 Å². The molecule has 3 N–H and O–H groups in total. The number of carbonyl (C=O) groups excluding carboxylic acids is 1. The van der Waals surface area contributed by atoms with Crippen LogP contribution in [0.25, 0.3) is 0 Å². The molecule has 0 unspecified atom stereocenters. The van der Waals surface area contributed by atoms with E-state index in [4.69, 9.17) is 15.2 Å². The van der Waals surface area contributed by atoms with Gasteiger partial charge in [-0.3, -0.25) is 4.79 Å². The lowest BCUT2D eigenvalue weighted by Gasteiger charge is -2.21. The number of nitrogens with one attached hydrogen (secondary N) is 1. The van der Waals surface area contributed by atoms with Gasteiger partial charge < -0.3 is 20.5 Å². The van der Waals surface area contributed by atoms with E-state index in [9.17, 15) is 4.79 Å². The number of hydrogen-bond donors (Lipinski definition) is 2. The second-order valence-electron chi connectivity index (χ2n) is 5.38. The van der Waals surface area contributed by atoms with Crippen molar-refractivity contribution in [2.45, 2.75) is 32.7 Å². The molecule has 0 aromatic heterocycles. The molecule has 1 aromatic rings. The molecule has 0 fully saturated rings. The van der Waals surface area contributed by atoms with Gasteiger partial charge in [0.2, 0.25) is 5.91 Å². The molecule has 0 bridgehead atoms. The maximum Gasteiger partial charge on any atom is 0.224 e. The van der Waals surface area contributed by atoms with Crippen LogP contribution >= 0.6 is 0 Å². The monoisotopic (exact) mass is 266 g/mol. The fraction of sp³-hybridized carbons (Fsp3) is 0.500. The number of anilines is 1. The van der Waals surface area contributed by atoms with Gasteiger partial charge in [-0.1, -0.05) is 0 Å². The van der Waals surface area contributed by atoms with Crippen molar-refractivity contribution in [3.8, 4) is 11.5 Å². The zero-order chi connectivity index (χ0) is 14.6. The van der Waals surface area contributed by atoms with E-state index in [1.165, 1.54) is 0 Å². The molecule has 19 heavy (non-hydrogen) atoms. The zero-order valence-corrected chi connectivity index (χ0v) is 12.2. The van der Waals surface area contributed by atoms with Crippen molar-refractivity contribution in [1.82, 2.24) is 5.32 Å². The molecule has 5 heteroatoms. The predicted molar refractivity (Wildman–Crippen MR) is 75.6 cm³/mol. The first-order chi connectivity index (χ1) is 8.76. The number of methoxy groups -OCH3 is 2. The van der Waals surface area contributed by atoms with Gasteiger partial charge in [0.1, 0.15) is 0 Å². The smallest absolute Gasteiger partial charge is 0.224 e. The van der Waals surface area contributed by atoms with Gasteiger partial charge in [0, 0.05) is 17.3 Å². The van der Waals surface area contributed by atoms with Gasteiger partial charge in [0.05, 0.1) is 20.6 Å². The van der Waals surface area contributed by atoms with Crippen LogP contribution in [0.4, 0.5) is 5.69 Å². The highest BCUT2D eigenvalue weighted by Gasteiger charge is 2.16. The quantitative estimate of drug-likeness (QED) is 0.814. The van der Waals surface area contributed by atoms with E-state index in [0.29, 0.717) is 17.2 Å². The molecule has 5 nitrogen and oxygen atoms in total. The maximum absolute atomic E-state index is 11.9. The maximum atomic E-state index is 11.9. The van der Waals surface area contributed by atoms with Gasteiger partial charge in [-0.15, -0.1) is 0 Å². The van der Waals surface area contributed by atoms with Gasteiger partial charge in [-0.05, 0) is 32.4 Å². The van der Waals surface area contributed by atoms with E-state index in [2.05, 4.69) is 5.32 Å². The fourth-order valence-electron chi connectivity index (χ4n) is 1.73. The number of nitrogen functional groups attached to an aromatic ring is 1. The van der Waals surface area contributed by atoms with E-state index in [-0.39, 0.29) is 17.9 Å². The molecule has 0 aliphatic heterocycles. The van der Waals surface area contributed by atoms with Crippen molar-refractivity contribution >= 4 is 11.6 Å². The second-order valence-corrected chi connectivity index (χ2v) is 5.38. The Balaban J connectivity index is 2.93. The van der Waals surface area contributed by atoms with Gasteiger partial charge in [-0.25, -0.2) is 0 Å². The molecule has 0 radical (unpaired) electrons. The highest BCUT2D eigenvalue weighted by molar-refractivity contribution is 5.81. The third kappa shape index (κ3) is 4.35. The van der Waals surface area contributed by atoms with E-state index in [1.807, 2.05) is 20.8 Å². The Hall–Kier alpha value is -1.91. The van der Waals surface area contributed by atoms with Crippen molar-refractivity contribution in [3.05, 3.63) is 17.7 Å². The average molecular weight is 266 g/mol. The number of carbonyl (C=O) groups is 1. The predicted octanol–water partition coefficient (Wildman–Crippen LogP) is 1.74. The third-order valence-electron chi connectivity index (χ3n) is 2.51. The largest absolute Gasteiger partial charge is 0.493 e. The first-order valence-corrected chi connectivity index (χ1v) is 6.08. The van der Waals surface area contributed by atoms with E-state index in [0.717, 1.165) is 5.56 Å². The number of benzene rings is 1. The molecule has 0 heterocycles. The topological polar surface area (TPSA) is 73.6 Å². The number of nitrogens with two attached hydrogens (primary N) is 1. The lowest BCUT2D eigenvalue weighted by atomic mass is 10.1. The van der Waals surface area contributed by atoms with Crippen LogP contribution in [0.15, 0.2) is 12.1 Å². The van der Waals surface area contributed by atoms with Crippen molar-refractivity contribution in [1.29, 1.82) is 0 Å². The molecule has 0 atom stereocenters. The molecular formula is C14H22N2O3. The Morgan fingerprint density at radius 2 is 1.74 bits per heavy atom. The number of hydrogen-bond acceptors (Lipinski definition) is 4. The van der Waals surface area contributed by atoms with Crippen LogP contribution in [0.1, 0.15) is 26.3 Å². The summed E-state index contributed by atoms with van der Waals surface area (Å²) in [4.78, 5) is 11.9. The first-order valence-electron chi connectivity index (χ1n) is 6.08. The molecule has 1 amide bonds. The van der Waals surface area contributed by atoms with Gasteiger partial charge >= 0.3 is 0 Å². The molecular weight excluding hydrogens is 244 g/mol. The molecule has 0 spiro atoms. The Kier molecular flexibility index (Phi) is 4.64. The van der Waals surface area contributed by atoms with Crippen molar-refractivity contribution in [3.63, 3.8) is 0 Å². The minimum absolute atomic E-state index is 0.0774. The minimum Gasteiger partial charge on any atom is -0.493 e. The SMILES string of the molecule is COc1cc(N)c(CC(=O)NC(C)(C)C)cc1OC. The fourth-order valence-corrected chi connectivity index (χ4v) is 1.73. The van der Waals surface area contributed by atoms with Gasteiger partial charge in [0.25, 0.3) is 0 Å².